The molecule has 1 saturated heterocycles. The maximum absolute atomic E-state index is 12.0. The van der Waals surface area contributed by atoms with Gasteiger partial charge in [0.1, 0.15) is 11.4 Å². The Bertz CT molecular complexity index is 488. The van der Waals surface area contributed by atoms with Gasteiger partial charge in [0.15, 0.2) is 0 Å². The second-order valence-corrected chi connectivity index (χ2v) is 6.77. The molecule has 0 bridgehead atoms. The van der Waals surface area contributed by atoms with Gasteiger partial charge in [0.25, 0.3) is 0 Å². The zero-order chi connectivity index (χ0) is 16.2. The van der Waals surface area contributed by atoms with Crippen LogP contribution >= 0.6 is 0 Å². The summed E-state index contributed by atoms with van der Waals surface area (Å²) in [6.45, 7) is 8.02. The topological polar surface area (TPSA) is 80.5 Å². The molecule has 6 nitrogen and oxygen atoms in total. The number of pyridine rings is 1. The minimum atomic E-state index is -0.434. The molecule has 3 N–H and O–H groups in total. The van der Waals surface area contributed by atoms with E-state index in [1.54, 1.807) is 11.1 Å². The highest BCUT2D eigenvalue weighted by atomic mass is 16.6. The summed E-state index contributed by atoms with van der Waals surface area (Å²) in [7, 11) is 0. The number of piperidine rings is 1. The molecule has 1 aliphatic heterocycles. The Hall–Kier alpha value is -1.98. The summed E-state index contributed by atoms with van der Waals surface area (Å²) >= 11 is 0. The molecule has 0 spiro atoms. The van der Waals surface area contributed by atoms with Crippen LogP contribution in [0.5, 0.6) is 0 Å². The lowest BCUT2D eigenvalue weighted by Crippen LogP contribution is -2.42. The van der Waals surface area contributed by atoms with E-state index in [1.165, 1.54) is 0 Å². The molecule has 2 rings (SSSR count). The average Bonchev–Trinajstić information content (AvgIpc) is 2.45. The van der Waals surface area contributed by atoms with Crippen LogP contribution in [0.2, 0.25) is 0 Å². The number of nitrogen functional groups attached to an aromatic ring is 1. The number of nitrogens with one attached hydrogen (secondary N) is 1. The van der Waals surface area contributed by atoms with Crippen molar-refractivity contribution in [1.82, 2.24) is 9.88 Å². The third kappa shape index (κ3) is 5.09. The van der Waals surface area contributed by atoms with Crippen LogP contribution < -0.4 is 11.1 Å². The van der Waals surface area contributed by atoms with Crippen molar-refractivity contribution >= 4 is 17.6 Å². The summed E-state index contributed by atoms with van der Waals surface area (Å²) in [4.78, 5) is 18.0. The lowest BCUT2D eigenvalue weighted by molar-refractivity contribution is 0.0188. The molecule has 0 atom stereocenters. The predicted molar refractivity (Wildman–Crippen MR) is 87.7 cm³/mol. The van der Waals surface area contributed by atoms with Crippen molar-refractivity contribution in [1.29, 1.82) is 0 Å². The highest BCUT2D eigenvalue weighted by Crippen LogP contribution is 2.20. The van der Waals surface area contributed by atoms with Crippen LogP contribution in [-0.2, 0) is 4.74 Å². The van der Waals surface area contributed by atoms with Crippen LogP contribution in [0.4, 0.5) is 16.3 Å². The summed E-state index contributed by atoms with van der Waals surface area (Å²) in [5, 5.41) is 3.32. The molecule has 1 aromatic heterocycles. The summed E-state index contributed by atoms with van der Waals surface area (Å²) in [6.07, 6.45) is 3.38. The van der Waals surface area contributed by atoms with Gasteiger partial charge in [0.05, 0.1) is 11.9 Å². The van der Waals surface area contributed by atoms with Crippen molar-refractivity contribution < 1.29 is 9.53 Å². The number of amides is 1. The van der Waals surface area contributed by atoms with Crippen molar-refractivity contribution in [2.45, 2.75) is 39.2 Å². The van der Waals surface area contributed by atoms with Gasteiger partial charge in [-0.25, -0.2) is 9.78 Å². The quantitative estimate of drug-likeness (QED) is 0.897. The first-order chi connectivity index (χ1) is 10.3. The van der Waals surface area contributed by atoms with E-state index in [0.29, 0.717) is 11.6 Å². The lowest BCUT2D eigenvalue weighted by atomic mass is 9.97. The van der Waals surface area contributed by atoms with Gasteiger partial charge in [-0.05, 0) is 51.7 Å². The summed E-state index contributed by atoms with van der Waals surface area (Å²) in [5.41, 5.74) is 5.84. The Kier molecular flexibility index (Phi) is 5.11. The third-order valence-corrected chi connectivity index (χ3v) is 3.62. The molecule has 0 unspecified atom stereocenters. The van der Waals surface area contributed by atoms with E-state index in [-0.39, 0.29) is 6.09 Å². The van der Waals surface area contributed by atoms with Crippen LogP contribution in [0.3, 0.4) is 0 Å². The highest BCUT2D eigenvalue weighted by Gasteiger charge is 2.26. The average molecular weight is 306 g/mol. The largest absolute Gasteiger partial charge is 0.444 e. The number of likely N-dealkylation sites (tertiary alicyclic amines) is 1. The van der Waals surface area contributed by atoms with Gasteiger partial charge in [-0.2, -0.15) is 0 Å². The molecule has 1 fully saturated rings. The van der Waals surface area contributed by atoms with Crippen LogP contribution in [0.15, 0.2) is 18.3 Å². The monoisotopic (exact) mass is 306 g/mol. The number of nitrogens with zero attached hydrogens (tertiary/aromatic N) is 2. The molecule has 2 heterocycles. The van der Waals surface area contributed by atoms with Gasteiger partial charge >= 0.3 is 6.09 Å². The van der Waals surface area contributed by atoms with E-state index >= 15 is 0 Å². The zero-order valence-electron chi connectivity index (χ0n) is 13.6. The van der Waals surface area contributed by atoms with Gasteiger partial charge in [0.2, 0.25) is 0 Å². The Morgan fingerprint density at radius 2 is 2.09 bits per heavy atom. The van der Waals surface area contributed by atoms with Gasteiger partial charge in [-0.3, -0.25) is 0 Å². The van der Waals surface area contributed by atoms with Crippen LogP contribution in [-0.4, -0.2) is 41.2 Å². The SMILES string of the molecule is CC(C)(C)OC(=O)N1CCC(CNc2ccc(N)cn2)CC1. The molecular formula is C16H26N4O2. The number of nitrogens with two attached hydrogens (primary N) is 1. The van der Waals surface area contributed by atoms with Gasteiger partial charge in [0, 0.05) is 19.6 Å². The smallest absolute Gasteiger partial charge is 0.410 e. The summed E-state index contributed by atoms with van der Waals surface area (Å²) < 4.78 is 5.40. The van der Waals surface area contributed by atoms with Crippen molar-refractivity contribution in [3.63, 3.8) is 0 Å². The molecule has 1 amide bonds. The first-order valence-corrected chi connectivity index (χ1v) is 7.77. The Balaban J connectivity index is 1.73. The van der Waals surface area contributed by atoms with Gasteiger partial charge in [-0.1, -0.05) is 0 Å². The number of rotatable bonds is 3. The lowest BCUT2D eigenvalue weighted by Gasteiger charge is -2.33. The van der Waals surface area contributed by atoms with Crippen molar-refractivity contribution in [3.05, 3.63) is 18.3 Å². The van der Waals surface area contributed by atoms with Crippen molar-refractivity contribution in [2.24, 2.45) is 5.92 Å². The number of hydrogen-bond donors (Lipinski definition) is 2. The fourth-order valence-corrected chi connectivity index (χ4v) is 2.40. The number of ether oxygens (including phenoxy) is 1. The molecule has 1 aliphatic rings. The maximum Gasteiger partial charge on any atom is 0.410 e. The Morgan fingerprint density at radius 3 is 2.64 bits per heavy atom. The molecule has 0 radical (unpaired) electrons. The number of carbonyl (C=O) groups is 1. The number of carbonyl (C=O) groups excluding carboxylic acids is 1. The van der Waals surface area contributed by atoms with E-state index in [1.807, 2.05) is 32.9 Å². The van der Waals surface area contributed by atoms with E-state index in [2.05, 4.69) is 10.3 Å². The summed E-state index contributed by atoms with van der Waals surface area (Å²) in [6, 6.07) is 3.71. The van der Waals surface area contributed by atoms with Crippen LogP contribution in [0, 0.1) is 5.92 Å². The minimum absolute atomic E-state index is 0.209. The number of hydrogen-bond acceptors (Lipinski definition) is 5. The zero-order valence-corrected chi connectivity index (χ0v) is 13.6. The minimum Gasteiger partial charge on any atom is -0.444 e. The molecule has 0 aliphatic carbocycles. The number of anilines is 2. The standard InChI is InChI=1S/C16H26N4O2/c1-16(2,3)22-15(21)20-8-6-12(7-9-20)10-18-14-5-4-13(17)11-19-14/h4-5,11-12H,6-10,17H2,1-3H3,(H,18,19). The molecular weight excluding hydrogens is 280 g/mol. The first kappa shape index (κ1) is 16.4. The molecule has 0 aromatic carbocycles. The van der Waals surface area contributed by atoms with Crippen molar-refractivity contribution in [2.75, 3.05) is 30.7 Å². The maximum atomic E-state index is 12.0. The van der Waals surface area contributed by atoms with E-state index in [9.17, 15) is 4.79 Å². The fraction of sp³-hybridized carbons (Fsp3) is 0.625. The van der Waals surface area contributed by atoms with E-state index < -0.39 is 5.60 Å². The normalized spacial score (nSPS) is 16.4. The third-order valence-electron chi connectivity index (χ3n) is 3.62. The highest BCUT2D eigenvalue weighted by molar-refractivity contribution is 5.68. The van der Waals surface area contributed by atoms with Crippen molar-refractivity contribution in [3.8, 4) is 0 Å². The van der Waals surface area contributed by atoms with E-state index in [0.717, 1.165) is 38.3 Å². The van der Waals surface area contributed by atoms with Crippen LogP contribution in [0.1, 0.15) is 33.6 Å². The second-order valence-electron chi connectivity index (χ2n) is 6.77. The van der Waals surface area contributed by atoms with E-state index in [4.69, 9.17) is 10.5 Å². The van der Waals surface area contributed by atoms with Gasteiger partial charge in [-0.15, -0.1) is 0 Å². The number of aromatic nitrogens is 1. The van der Waals surface area contributed by atoms with Crippen LogP contribution in [0.25, 0.3) is 0 Å². The second kappa shape index (κ2) is 6.85. The molecule has 6 heteroatoms. The molecule has 1 aromatic rings. The molecule has 0 saturated carbocycles. The Labute approximate surface area is 132 Å². The summed E-state index contributed by atoms with van der Waals surface area (Å²) in [5.74, 6) is 1.38. The molecule has 122 valence electrons. The fourth-order valence-electron chi connectivity index (χ4n) is 2.40. The Morgan fingerprint density at radius 1 is 1.41 bits per heavy atom. The molecule has 22 heavy (non-hydrogen) atoms. The first-order valence-electron chi connectivity index (χ1n) is 7.77. The predicted octanol–water partition coefficient (Wildman–Crippen LogP) is 2.72. The van der Waals surface area contributed by atoms with Gasteiger partial charge < -0.3 is 20.7 Å².